The molecule has 0 bridgehead atoms. The molecule has 2 N–H and O–H groups in total. The number of ether oxygens (including phenoxy) is 1. The van der Waals surface area contributed by atoms with Gasteiger partial charge in [0.1, 0.15) is 11.8 Å². The van der Waals surface area contributed by atoms with Crippen LogP contribution in [-0.2, 0) is 9.53 Å². The molecular formula is C14H23BrN4O3. The summed E-state index contributed by atoms with van der Waals surface area (Å²) in [4.78, 5) is 15.1. The zero-order valence-corrected chi connectivity index (χ0v) is 14.5. The highest BCUT2D eigenvalue weighted by molar-refractivity contribution is 9.09. The molecule has 4 heterocycles. The van der Waals surface area contributed by atoms with Crippen molar-refractivity contribution < 1.29 is 14.6 Å². The molecule has 22 heavy (non-hydrogen) atoms. The first-order valence-corrected chi connectivity index (χ1v) is 8.85. The van der Waals surface area contributed by atoms with Crippen molar-refractivity contribution in [1.82, 2.24) is 20.2 Å². The maximum atomic E-state index is 13.0. The molecule has 4 aliphatic heterocycles. The topological polar surface area (TPSA) is 68.3 Å². The smallest absolute Gasteiger partial charge is 0.243 e. The van der Waals surface area contributed by atoms with Gasteiger partial charge in [-0.2, -0.15) is 5.01 Å². The van der Waals surface area contributed by atoms with Crippen molar-refractivity contribution in [3.05, 3.63) is 0 Å². The maximum Gasteiger partial charge on any atom is 0.243 e. The van der Waals surface area contributed by atoms with Crippen LogP contribution in [0.1, 0.15) is 19.8 Å². The molecule has 0 radical (unpaired) electrons. The Morgan fingerprint density at radius 2 is 2.27 bits per heavy atom. The molecule has 0 spiro atoms. The van der Waals surface area contributed by atoms with Crippen molar-refractivity contribution in [3.8, 4) is 0 Å². The average molecular weight is 375 g/mol. The number of aliphatic hydroxyl groups excluding tert-OH is 1. The zero-order valence-electron chi connectivity index (χ0n) is 12.9. The van der Waals surface area contributed by atoms with E-state index in [2.05, 4.69) is 21.2 Å². The van der Waals surface area contributed by atoms with Gasteiger partial charge in [0.15, 0.2) is 0 Å². The molecule has 6 atom stereocenters. The van der Waals surface area contributed by atoms with E-state index >= 15 is 0 Å². The summed E-state index contributed by atoms with van der Waals surface area (Å²) in [5, 5.41) is 18.4. The van der Waals surface area contributed by atoms with E-state index in [0.29, 0.717) is 19.8 Å². The van der Waals surface area contributed by atoms with E-state index in [9.17, 15) is 9.90 Å². The molecule has 4 fully saturated rings. The first-order chi connectivity index (χ1) is 10.4. The van der Waals surface area contributed by atoms with Crippen LogP contribution in [0.3, 0.4) is 0 Å². The fourth-order valence-corrected chi connectivity index (χ4v) is 4.98. The van der Waals surface area contributed by atoms with Gasteiger partial charge in [0.05, 0.1) is 23.8 Å². The number of hydrogen-bond acceptors (Lipinski definition) is 6. The van der Waals surface area contributed by atoms with Crippen molar-refractivity contribution in [2.45, 2.75) is 48.7 Å². The van der Waals surface area contributed by atoms with Crippen LogP contribution in [0.4, 0.5) is 0 Å². The Morgan fingerprint density at radius 1 is 1.50 bits per heavy atom. The van der Waals surface area contributed by atoms with Gasteiger partial charge in [0.2, 0.25) is 5.91 Å². The molecule has 4 saturated heterocycles. The number of aliphatic hydroxyl groups is 1. The number of rotatable bonds is 1. The Kier molecular flexibility index (Phi) is 3.56. The highest BCUT2D eigenvalue weighted by atomic mass is 79.9. The summed E-state index contributed by atoms with van der Waals surface area (Å²) in [5.41, 5.74) is -0.693. The molecule has 0 aromatic carbocycles. The number of halogens is 1. The van der Waals surface area contributed by atoms with Crippen molar-refractivity contribution in [2.75, 3.05) is 26.8 Å². The molecule has 7 nitrogen and oxygen atoms in total. The third-order valence-electron chi connectivity index (χ3n) is 5.79. The minimum absolute atomic E-state index is 0.0191. The number of carbonyl (C=O) groups excluding carboxylic acids is 1. The summed E-state index contributed by atoms with van der Waals surface area (Å²) in [5.74, 6) is -0.0375. The lowest BCUT2D eigenvalue weighted by Crippen LogP contribution is -2.71. The molecule has 5 unspecified atom stereocenters. The van der Waals surface area contributed by atoms with E-state index in [1.54, 1.807) is 0 Å². The van der Waals surface area contributed by atoms with Gasteiger partial charge < -0.3 is 14.7 Å². The molecular weight excluding hydrogens is 352 g/mol. The van der Waals surface area contributed by atoms with E-state index in [1.807, 2.05) is 28.9 Å². The van der Waals surface area contributed by atoms with Crippen molar-refractivity contribution >= 4 is 21.8 Å². The van der Waals surface area contributed by atoms with E-state index < -0.39 is 11.8 Å². The number of fused-ring (bicyclic) bond motifs is 2. The second kappa shape index (κ2) is 5.12. The normalized spacial score (nSPS) is 49.7. The summed E-state index contributed by atoms with van der Waals surface area (Å²) >= 11 is 3.62. The van der Waals surface area contributed by atoms with Crippen LogP contribution in [0.15, 0.2) is 0 Å². The second-order valence-electron chi connectivity index (χ2n) is 6.98. The van der Waals surface area contributed by atoms with Crippen molar-refractivity contribution in [1.29, 1.82) is 0 Å². The Bertz CT molecular complexity index is 489. The highest BCUT2D eigenvalue weighted by Gasteiger charge is 2.62. The molecule has 4 rings (SSSR count). The predicted octanol–water partition coefficient (Wildman–Crippen LogP) is -0.486. The Hall–Kier alpha value is -0.250. The lowest BCUT2D eigenvalue weighted by atomic mass is 9.84. The number of nitrogens with zero attached hydrogens (tertiary/aromatic N) is 3. The van der Waals surface area contributed by atoms with Crippen LogP contribution >= 0.6 is 15.9 Å². The fraction of sp³-hybridized carbons (Fsp3) is 0.929. The van der Waals surface area contributed by atoms with Crippen LogP contribution in [0, 0.1) is 5.92 Å². The summed E-state index contributed by atoms with van der Waals surface area (Å²) in [6, 6.07) is 0.153. The molecule has 0 saturated carbocycles. The largest absolute Gasteiger partial charge is 0.379 e. The van der Waals surface area contributed by atoms with Gasteiger partial charge >= 0.3 is 0 Å². The zero-order chi connectivity index (χ0) is 15.6. The molecule has 0 aliphatic carbocycles. The predicted molar refractivity (Wildman–Crippen MR) is 82.7 cm³/mol. The van der Waals surface area contributed by atoms with Gasteiger partial charge in [-0.3, -0.25) is 10.1 Å². The summed E-state index contributed by atoms with van der Waals surface area (Å²) in [7, 11) is 1.96. The monoisotopic (exact) mass is 374 g/mol. The van der Waals surface area contributed by atoms with Crippen LogP contribution in [0.5, 0.6) is 0 Å². The number of likely N-dealkylation sites (tertiary alicyclic amines) is 1. The first kappa shape index (κ1) is 15.3. The quantitative estimate of drug-likeness (QED) is 0.477. The number of nitrogens with one attached hydrogen (secondary N) is 1. The lowest BCUT2D eigenvalue weighted by Gasteiger charge is -2.48. The number of hydrogen-bond donors (Lipinski definition) is 2. The minimum atomic E-state index is -0.693. The molecule has 124 valence electrons. The summed E-state index contributed by atoms with van der Waals surface area (Å²) in [6.07, 6.45) is 1.05. The number of carbonyl (C=O) groups is 1. The van der Waals surface area contributed by atoms with Crippen molar-refractivity contribution in [3.63, 3.8) is 0 Å². The van der Waals surface area contributed by atoms with Crippen LogP contribution < -0.4 is 5.32 Å². The van der Waals surface area contributed by atoms with E-state index in [-0.39, 0.29) is 29.0 Å². The van der Waals surface area contributed by atoms with Gasteiger partial charge in [-0.15, -0.1) is 0 Å². The lowest BCUT2D eigenvalue weighted by molar-refractivity contribution is -0.191. The SMILES string of the molecule is CN1C(Br)CC2NC3(C)C(=O)N([C@H]4CCOC4)CC3C(O)N21. The highest BCUT2D eigenvalue weighted by Crippen LogP contribution is 2.43. The molecule has 1 amide bonds. The van der Waals surface area contributed by atoms with E-state index in [1.165, 1.54) is 0 Å². The Morgan fingerprint density at radius 3 is 2.95 bits per heavy atom. The van der Waals surface area contributed by atoms with Gasteiger partial charge in [-0.1, -0.05) is 15.9 Å². The molecule has 8 heteroatoms. The molecule has 0 aromatic rings. The maximum absolute atomic E-state index is 13.0. The summed E-state index contributed by atoms with van der Waals surface area (Å²) in [6.45, 7) is 3.86. The summed E-state index contributed by atoms with van der Waals surface area (Å²) < 4.78 is 5.44. The second-order valence-corrected chi connectivity index (χ2v) is 8.04. The van der Waals surface area contributed by atoms with Gasteiger partial charge in [0.25, 0.3) is 0 Å². The minimum Gasteiger partial charge on any atom is -0.379 e. The Balaban J connectivity index is 1.62. The number of amides is 1. The van der Waals surface area contributed by atoms with Crippen molar-refractivity contribution in [2.24, 2.45) is 5.92 Å². The fourth-order valence-electron chi connectivity index (χ4n) is 4.41. The standard InChI is InChI=1S/C14H23BrN4O3/c1-14-9(6-18(13(14)21)8-3-4-22-7-8)12(20)19-11(16-14)5-10(15)17(19)2/h8-12,16,20H,3-7H2,1-2H3/t8-,9?,10?,11?,12?,14?/m0/s1. The first-order valence-electron chi connectivity index (χ1n) is 7.93. The molecule has 4 aliphatic rings. The van der Waals surface area contributed by atoms with E-state index in [4.69, 9.17) is 4.74 Å². The number of hydrazine groups is 1. The Labute approximate surface area is 138 Å². The van der Waals surface area contributed by atoms with Gasteiger partial charge in [-0.25, -0.2) is 5.01 Å². The van der Waals surface area contributed by atoms with Crippen LogP contribution in [0.2, 0.25) is 0 Å². The third kappa shape index (κ3) is 1.94. The number of alkyl halides is 1. The molecule has 0 aromatic heterocycles. The van der Waals surface area contributed by atoms with Gasteiger partial charge in [-0.05, 0) is 13.3 Å². The van der Waals surface area contributed by atoms with Crippen LogP contribution in [0.25, 0.3) is 0 Å². The van der Waals surface area contributed by atoms with E-state index in [0.717, 1.165) is 12.8 Å². The third-order valence-corrected chi connectivity index (χ3v) is 6.76. The van der Waals surface area contributed by atoms with Gasteiger partial charge in [0, 0.05) is 32.5 Å². The average Bonchev–Trinajstić information content (AvgIpc) is 3.13. The van der Waals surface area contributed by atoms with Crippen LogP contribution in [-0.4, -0.2) is 81.7 Å².